The molecule has 4 rings (SSSR count). The largest absolute Gasteiger partial charge is 0.465 e. The van der Waals surface area contributed by atoms with Crippen LogP contribution in [0, 0.1) is 0 Å². The van der Waals surface area contributed by atoms with Crippen LogP contribution in [0.4, 0.5) is 0 Å². The average molecular weight is 449 g/mol. The number of ether oxygens (including phenoxy) is 1. The summed E-state index contributed by atoms with van der Waals surface area (Å²) in [4.78, 5) is 19.1. The summed E-state index contributed by atoms with van der Waals surface area (Å²) >= 11 is 3.39. The van der Waals surface area contributed by atoms with Gasteiger partial charge in [0.05, 0.1) is 6.61 Å². The quantitative estimate of drug-likeness (QED) is 0.374. The molecule has 0 aromatic heterocycles. The lowest BCUT2D eigenvalue weighted by atomic mass is 9.97. The molecule has 0 aliphatic carbocycles. The van der Waals surface area contributed by atoms with E-state index in [1.54, 1.807) is 12.1 Å². The second kappa shape index (κ2) is 8.62. The molecule has 3 aromatic carbocycles. The van der Waals surface area contributed by atoms with Crippen molar-refractivity contribution in [2.45, 2.75) is 20.0 Å². The first-order valence-electron chi connectivity index (χ1n) is 9.58. The average Bonchev–Trinajstić information content (AvgIpc) is 2.91. The predicted octanol–water partition coefficient (Wildman–Crippen LogP) is 5.66. The number of aliphatic imine (C=N–C) groups is 1. The van der Waals surface area contributed by atoms with Crippen molar-refractivity contribution in [3.63, 3.8) is 0 Å². The highest BCUT2D eigenvalue weighted by molar-refractivity contribution is 9.10. The second-order valence-electron chi connectivity index (χ2n) is 6.81. The van der Waals surface area contributed by atoms with Gasteiger partial charge < -0.3 is 9.64 Å². The van der Waals surface area contributed by atoms with Crippen LogP contribution < -0.4 is 0 Å². The maximum atomic E-state index is 12.8. The van der Waals surface area contributed by atoms with Gasteiger partial charge in [-0.15, -0.1) is 0 Å². The number of benzene rings is 3. The molecule has 1 heterocycles. The summed E-state index contributed by atoms with van der Waals surface area (Å²) in [7, 11) is 0. The standard InChI is InChI=1S/C24H21BrN2O2/c1-2-29-24(26-23(28)17-11-13-20(25)14-12-17)27-15-18-7-3-5-9-21(18)22-10-6-4-8-19(22)16-27/h3-14H,2,15-16H2,1H3. The summed E-state index contributed by atoms with van der Waals surface area (Å²) in [5.74, 6) is -0.313. The normalized spacial score (nSPS) is 13.3. The van der Waals surface area contributed by atoms with Crippen molar-refractivity contribution in [1.29, 1.82) is 0 Å². The Morgan fingerprint density at radius 3 is 2.03 bits per heavy atom. The van der Waals surface area contributed by atoms with E-state index in [1.165, 1.54) is 22.3 Å². The van der Waals surface area contributed by atoms with Gasteiger partial charge in [0.25, 0.3) is 11.9 Å². The smallest absolute Gasteiger partial charge is 0.296 e. The van der Waals surface area contributed by atoms with Gasteiger partial charge in [0.1, 0.15) is 0 Å². The van der Waals surface area contributed by atoms with Crippen LogP contribution in [0.5, 0.6) is 0 Å². The molecule has 0 spiro atoms. The van der Waals surface area contributed by atoms with E-state index < -0.39 is 0 Å². The lowest BCUT2D eigenvalue weighted by Crippen LogP contribution is -2.32. The summed E-state index contributed by atoms with van der Waals surface area (Å²) in [6.45, 7) is 3.58. The van der Waals surface area contributed by atoms with Crippen LogP contribution >= 0.6 is 15.9 Å². The van der Waals surface area contributed by atoms with E-state index in [1.807, 2.05) is 36.1 Å². The molecule has 0 N–H and O–H groups in total. The fourth-order valence-electron chi connectivity index (χ4n) is 3.51. The molecule has 5 heteroatoms. The Labute approximate surface area is 179 Å². The number of halogens is 1. The SMILES string of the molecule is CCOC(=NC(=O)c1ccc(Br)cc1)N1Cc2ccccc2-c2ccccc2C1. The fourth-order valence-corrected chi connectivity index (χ4v) is 3.78. The Kier molecular flexibility index (Phi) is 5.76. The van der Waals surface area contributed by atoms with E-state index in [2.05, 4.69) is 57.3 Å². The number of carbonyl (C=O) groups excluding carboxylic acids is 1. The molecular formula is C24H21BrN2O2. The summed E-state index contributed by atoms with van der Waals surface area (Å²) in [5, 5.41) is 0. The van der Waals surface area contributed by atoms with Crippen molar-refractivity contribution in [3.05, 3.63) is 94.0 Å². The second-order valence-corrected chi connectivity index (χ2v) is 7.73. The van der Waals surface area contributed by atoms with E-state index >= 15 is 0 Å². The first-order chi connectivity index (χ1) is 14.2. The molecule has 0 saturated heterocycles. The number of fused-ring (bicyclic) bond motifs is 3. The summed E-state index contributed by atoms with van der Waals surface area (Å²) in [5.41, 5.74) is 5.31. The lowest BCUT2D eigenvalue weighted by Gasteiger charge is -2.24. The summed E-state index contributed by atoms with van der Waals surface area (Å²) in [6, 6.07) is 24.2. The third-order valence-electron chi connectivity index (χ3n) is 4.88. The van der Waals surface area contributed by atoms with Gasteiger partial charge in [-0.1, -0.05) is 64.5 Å². The molecule has 0 fully saturated rings. The number of amides is 1. The summed E-state index contributed by atoms with van der Waals surface area (Å²) in [6.07, 6.45) is 0. The minimum atomic E-state index is -0.313. The zero-order valence-electron chi connectivity index (χ0n) is 16.1. The number of amidine groups is 1. The van der Waals surface area contributed by atoms with Crippen LogP contribution in [-0.2, 0) is 17.8 Å². The minimum absolute atomic E-state index is 0.313. The van der Waals surface area contributed by atoms with Crippen molar-refractivity contribution in [2.24, 2.45) is 4.99 Å². The maximum Gasteiger partial charge on any atom is 0.296 e. The van der Waals surface area contributed by atoms with Crippen LogP contribution in [0.3, 0.4) is 0 Å². The van der Waals surface area contributed by atoms with Crippen molar-refractivity contribution >= 4 is 27.9 Å². The molecular weight excluding hydrogens is 428 g/mol. The molecule has 0 saturated carbocycles. The molecule has 0 atom stereocenters. The first kappa shape index (κ1) is 19.4. The Balaban J connectivity index is 1.73. The van der Waals surface area contributed by atoms with E-state index in [9.17, 15) is 4.79 Å². The van der Waals surface area contributed by atoms with Crippen LogP contribution in [0.1, 0.15) is 28.4 Å². The monoisotopic (exact) mass is 448 g/mol. The highest BCUT2D eigenvalue weighted by atomic mass is 79.9. The Hall–Kier alpha value is -2.92. The van der Waals surface area contributed by atoms with E-state index in [0.29, 0.717) is 31.3 Å². The van der Waals surface area contributed by atoms with Gasteiger partial charge in [-0.2, -0.15) is 4.99 Å². The fraction of sp³-hybridized carbons (Fsp3) is 0.167. The molecule has 1 aliphatic heterocycles. The van der Waals surface area contributed by atoms with Gasteiger partial charge in [-0.3, -0.25) is 4.79 Å². The van der Waals surface area contributed by atoms with Gasteiger partial charge in [-0.05, 0) is 53.4 Å². The molecule has 0 radical (unpaired) electrons. The van der Waals surface area contributed by atoms with Gasteiger partial charge in [0.15, 0.2) is 0 Å². The molecule has 29 heavy (non-hydrogen) atoms. The third-order valence-corrected chi connectivity index (χ3v) is 5.41. The molecule has 3 aromatic rings. The number of rotatable bonds is 2. The van der Waals surface area contributed by atoms with Crippen molar-refractivity contribution in [2.75, 3.05) is 6.61 Å². The number of hydrogen-bond acceptors (Lipinski definition) is 2. The minimum Gasteiger partial charge on any atom is -0.465 e. The Bertz CT molecular complexity index is 1010. The van der Waals surface area contributed by atoms with Crippen LogP contribution in [0.15, 0.2) is 82.3 Å². The zero-order valence-corrected chi connectivity index (χ0v) is 17.7. The molecule has 4 nitrogen and oxygen atoms in total. The zero-order chi connectivity index (χ0) is 20.2. The molecule has 1 amide bonds. The van der Waals surface area contributed by atoms with Gasteiger partial charge >= 0.3 is 0 Å². The van der Waals surface area contributed by atoms with Crippen LogP contribution in [0.25, 0.3) is 11.1 Å². The van der Waals surface area contributed by atoms with Crippen molar-refractivity contribution in [3.8, 4) is 11.1 Å². The van der Waals surface area contributed by atoms with Gasteiger partial charge in [0, 0.05) is 23.1 Å². The third kappa shape index (κ3) is 4.25. The number of nitrogens with zero attached hydrogens (tertiary/aromatic N) is 2. The predicted molar refractivity (Wildman–Crippen MR) is 119 cm³/mol. The van der Waals surface area contributed by atoms with Crippen LogP contribution in [0.2, 0.25) is 0 Å². The first-order valence-corrected chi connectivity index (χ1v) is 10.4. The molecule has 0 unspecified atom stereocenters. The van der Waals surface area contributed by atoms with Crippen molar-refractivity contribution < 1.29 is 9.53 Å². The highest BCUT2D eigenvalue weighted by Crippen LogP contribution is 2.32. The van der Waals surface area contributed by atoms with E-state index in [4.69, 9.17) is 4.74 Å². The topological polar surface area (TPSA) is 41.9 Å². The molecule has 1 aliphatic rings. The van der Waals surface area contributed by atoms with Gasteiger partial charge in [-0.25, -0.2) is 0 Å². The highest BCUT2D eigenvalue weighted by Gasteiger charge is 2.23. The van der Waals surface area contributed by atoms with Crippen LogP contribution in [-0.4, -0.2) is 23.4 Å². The van der Waals surface area contributed by atoms with Gasteiger partial charge in [0.2, 0.25) is 0 Å². The molecule has 0 bridgehead atoms. The lowest BCUT2D eigenvalue weighted by molar-refractivity contribution is 0.0993. The molecule has 146 valence electrons. The number of carbonyl (C=O) groups is 1. The van der Waals surface area contributed by atoms with E-state index in [0.717, 1.165) is 4.47 Å². The summed E-state index contributed by atoms with van der Waals surface area (Å²) < 4.78 is 6.75. The van der Waals surface area contributed by atoms with E-state index in [-0.39, 0.29) is 5.91 Å². The van der Waals surface area contributed by atoms with Crippen molar-refractivity contribution in [1.82, 2.24) is 4.90 Å². The Morgan fingerprint density at radius 1 is 0.931 bits per heavy atom. The number of hydrogen-bond donors (Lipinski definition) is 0. The Morgan fingerprint density at radius 2 is 1.48 bits per heavy atom. The maximum absolute atomic E-state index is 12.8.